The fourth-order valence-electron chi connectivity index (χ4n) is 8.71. The van der Waals surface area contributed by atoms with E-state index in [9.17, 15) is 19.8 Å². The molecule has 3 atom stereocenters. The van der Waals surface area contributed by atoms with Crippen LogP contribution in [0.4, 0.5) is 0 Å². The molecule has 0 aliphatic carbocycles. The molecule has 0 aliphatic rings. The molecule has 0 fully saturated rings. The molecule has 0 bridgehead atoms. The van der Waals surface area contributed by atoms with Gasteiger partial charge in [0.2, 0.25) is 5.91 Å². The van der Waals surface area contributed by atoms with Crippen molar-refractivity contribution < 1.29 is 24.5 Å². The zero-order chi connectivity index (χ0) is 48.8. The number of aliphatic hydroxyl groups excluding tert-OH is 2. The Morgan fingerprint density at radius 1 is 0.448 bits per heavy atom. The van der Waals surface area contributed by atoms with Gasteiger partial charge in [0.05, 0.1) is 25.2 Å². The molecule has 67 heavy (non-hydrogen) atoms. The van der Waals surface area contributed by atoms with E-state index in [1.165, 1.54) is 141 Å². The van der Waals surface area contributed by atoms with Crippen molar-refractivity contribution in [3.63, 3.8) is 0 Å². The van der Waals surface area contributed by atoms with E-state index in [2.05, 4.69) is 86.8 Å². The number of hydrogen-bond donors (Lipinski definition) is 3. The van der Waals surface area contributed by atoms with Gasteiger partial charge in [-0.25, -0.2) is 0 Å². The molecule has 0 aromatic carbocycles. The third-order valence-electron chi connectivity index (χ3n) is 13.1. The second-order valence-corrected chi connectivity index (χ2v) is 19.7. The number of allylic oxidation sites excluding steroid dienone is 10. The lowest BCUT2D eigenvalue weighted by molar-refractivity contribution is -0.151. The minimum absolute atomic E-state index is 0.0627. The van der Waals surface area contributed by atoms with Crippen molar-refractivity contribution in [2.45, 2.75) is 309 Å². The SMILES string of the molecule is CC/C=C/C/C=C/C/C=C/CCCCCCC(=O)OC(CCCCCCCCC/C=C\C/C=C\CCCCC)CC(=O)NC(CO)C(O)CCCCCCCCCCCCCCCCCCC. The number of carbonyl (C=O) groups is 2. The van der Waals surface area contributed by atoms with E-state index in [0.29, 0.717) is 19.3 Å². The molecule has 1 amide bonds. The van der Waals surface area contributed by atoms with E-state index in [1.54, 1.807) is 0 Å². The Kier molecular flexibility index (Phi) is 52.5. The highest BCUT2D eigenvalue weighted by molar-refractivity contribution is 5.77. The molecule has 390 valence electrons. The lowest BCUT2D eigenvalue weighted by Crippen LogP contribution is -2.46. The molecule has 0 saturated carbocycles. The number of unbranched alkanes of at least 4 members (excludes halogenated alkanes) is 30. The Morgan fingerprint density at radius 2 is 0.806 bits per heavy atom. The van der Waals surface area contributed by atoms with Crippen molar-refractivity contribution in [2.24, 2.45) is 0 Å². The number of aliphatic hydroxyl groups is 2. The van der Waals surface area contributed by atoms with Gasteiger partial charge in [-0.05, 0) is 89.9 Å². The van der Waals surface area contributed by atoms with E-state index in [4.69, 9.17) is 4.74 Å². The third kappa shape index (κ3) is 49.8. The fourth-order valence-corrected chi connectivity index (χ4v) is 8.71. The summed E-state index contributed by atoms with van der Waals surface area (Å²) in [6.07, 6.45) is 68.5. The summed E-state index contributed by atoms with van der Waals surface area (Å²) < 4.78 is 5.95. The molecule has 6 nitrogen and oxygen atoms in total. The van der Waals surface area contributed by atoms with Crippen molar-refractivity contribution in [1.29, 1.82) is 0 Å². The zero-order valence-corrected chi connectivity index (χ0v) is 44.5. The van der Waals surface area contributed by atoms with Gasteiger partial charge in [-0.1, -0.05) is 248 Å². The van der Waals surface area contributed by atoms with E-state index in [0.717, 1.165) is 103 Å². The van der Waals surface area contributed by atoms with E-state index in [-0.39, 0.29) is 24.9 Å². The van der Waals surface area contributed by atoms with Crippen LogP contribution < -0.4 is 5.32 Å². The van der Waals surface area contributed by atoms with Gasteiger partial charge in [-0.2, -0.15) is 0 Å². The second kappa shape index (κ2) is 54.5. The largest absolute Gasteiger partial charge is 0.462 e. The highest BCUT2D eigenvalue weighted by Crippen LogP contribution is 2.18. The van der Waals surface area contributed by atoms with Crippen molar-refractivity contribution >= 4 is 11.9 Å². The molecule has 3 N–H and O–H groups in total. The second-order valence-electron chi connectivity index (χ2n) is 19.7. The maximum Gasteiger partial charge on any atom is 0.306 e. The van der Waals surface area contributed by atoms with Gasteiger partial charge in [-0.3, -0.25) is 9.59 Å². The van der Waals surface area contributed by atoms with Gasteiger partial charge < -0.3 is 20.3 Å². The first-order valence-electron chi connectivity index (χ1n) is 29.0. The first-order valence-corrected chi connectivity index (χ1v) is 29.0. The van der Waals surface area contributed by atoms with E-state index >= 15 is 0 Å². The molecule has 0 spiro atoms. The van der Waals surface area contributed by atoms with Crippen LogP contribution in [0, 0.1) is 0 Å². The number of nitrogens with one attached hydrogen (secondary N) is 1. The molecule has 0 heterocycles. The van der Waals surface area contributed by atoms with Crippen LogP contribution in [0.2, 0.25) is 0 Å². The summed E-state index contributed by atoms with van der Waals surface area (Å²) in [6.45, 7) is 6.37. The lowest BCUT2D eigenvalue weighted by Gasteiger charge is -2.24. The summed E-state index contributed by atoms with van der Waals surface area (Å²) in [5.41, 5.74) is 0. The molecule has 0 aromatic heterocycles. The summed E-state index contributed by atoms with van der Waals surface area (Å²) in [5, 5.41) is 23.9. The number of rotatable bonds is 52. The van der Waals surface area contributed by atoms with Crippen LogP contribution in [-0.2, 0) is 14.3 Å². The number of ether oxygens (including phenoxy) is 1. The molecule has 6 heteroatoms. The highest BCUT2D eigenvalue weighted by atomic mass is 16.5. The zero-order valence-electron chi connectivity index (χ0n) is 44.5. The van der Waals surface area contributed by atoms with Crippen LogP contribution in [0.5, 0.6) is 0 Å². The normalized spacial score (nSPS) is 13.6. The van der Waals surface area contributed by atoms with Crippen molar-refractivity contribution in [3.05, 3.63) is 60.8 Å². The standard InChI is InChI=1S/C61H111NO5/c1-4-7-10-13-16-19-22-25-28-30-32-34-37-40-43-46-49-52-57(67-61(66)54-51-48-45-42-39-36-27-24-21-18-15-12-9-6-3)55-60(65)62-58(56-63)59(64)53-50-47-44-41-38-35-33-31-29-26-23-20-17-14-11-8-5-2/h9,12,16,18-19,21,25,27-28,36,57-59,63-64H,4-8,10-11,13-15,17,20,22-24,26,29-35,37-56H2,1-3H3,(H,62,65)/b12-9+,19-16-,21-18+,28-25-,36-27+. The number of esters is 1. The monoisotopic (exact) mass is 938 g/mol. The van der Waals surface area contributed by atoms with Crippen molar-refractivity contribution in [2.75, 3.05) is 6.61 Å². The minimum atomic E-state index is -0.796. The Morgan fingerprint density at radius 3 is 1.25 bits per heavy atom. The average Bonchev–Trinajstić information content (AvgIpc) is 3.32. The van der Waals surface area contributed by atoms with E-state index in [1.807, 2.05) is 0 Å². The average molecular weight is 939 g/mol. The van der Waals surface area contributed by atoms with Crippen LogP contribution in [0.25, 0.3) is 0 Å². The van der Waals surface area contributed by atoms with Gasteiger partial charge in [0.1, 0.15) is 6.10 Å². The maximum absolute atomic E-state index is 13.3. The van der Waals surface area contributed by atoms with Crippen molar-refractivity contribution in [3.8, 4) is 0 Å². The molecule has 3 unspecified atom stereocenters. The highest BCUT2D eigenvalue weighted by Gasteiger charge is 2.24. The third-order valence-corrected chi connectivity index (χ3v) is 13.1. The molecule has 0 saturated heterocycles. The molecule has 0 aromatic rings. The summed E-state index contributed by atoms with van der Waals surface area (Å²) in [7, 11) is 0. The predicted molar refractivity (Wildman–Crippen MR) is 292 cm³/mol. The number of carbonyl (C=O) groups excluding carboxylic acids is 2. The van der Waals surface area contributed by atoms with Crippen LogP contribution in [0.1, 0.15) is 290 Å². The summed E-state index contributed by atoms with van der Waals surface area (Å²) in [4.78, 5) is 26.3. The van der Waals surface area contributed by atoms with Gasteiger partial charge in [0, 0.05) is 6.42 Å². The Hall–Kier alpha value is -2.44. The van der Waals surface area contributed by atoms with Gasteiger partial charge >= 0.3 is 5.97 Å². The van der Waals surface area contributed by atoms with Crippen LogP contribution in [0.15, 0.2) is 60.8 Å². The predicted octanol–water partition coefficient (Wildman–Crippen LogP) is 18.0. The summed E-state index contributed by atoms with van der Waals surface area (Å²) in [5.74, 6) is -0.500. The van der Waals surface area contributed by atoms with E-state index < -0.39 is 18.2 Å². The summed E-state index contributed by atoms with van der Waals surface area (Å²) in [6, 6.07) is -0.711. The van der Waals surface area contributed by atoms with Gasteiger partial charge in [0.25, 0.3) is 0 Å². The smallest absolute Gasteiger partial charge is 0.306 e. The molecule has 0 radical (unpaired) electrons. The number of hydrogen-bond acceptors (Lipinski definition) is 5. The van der Waals surface area contributed by atoms with Crippen LogP contribution in [0.3, 0.4) is 0 Å². The molecule has 0 rings (SSSR count). The topological polar surface area (TPSA) is 95.9 Å². The fraction of sp³-hybridized carbons (Fsp3) is 0.803. The summed E-state index contributed by atoms with van der Waals surface area (Å²) >= 11 is 0. The first kappa shape index (κ1) is 64.6. The van der Waals surface area contributed by atoms with Crippen molar-refractivity contribution in [1.82, 2.24) is 5.32 Å². The maximum atomic E-state index is 13.3. The Labute approximate surface area is 416 Å². The van der Waals surface area contributed by atoms with Crippen LogP contribution in [-0.4, -0.2) is 46.9 Å². The minimum Gasteiger partial charge on any atom is -0.462 e. The lowest BCUT2D eigenvalue weighted by atomic mass is 10.0. The Balaban J connectivity index is 4.57. The molecular formula is C61H111NO5. The molecular weight excluding hydrogens is 827 g/mol. The van der Waals surface area contributed by atoms with Crippen LogP contribution >= 0.6 is 0 Å². The Bertz CT molecular complexity index is 1190. The first-order chi connectivity index (χ1) is 33.0. The number of amides is 1. The quantitative estimate of drug-likeness (QED) is 0.0321. The molecule has 0 aliphatic heterocycles. The van der Waals surface area contributed by atoms with Gasteiger partial charge in [0.15, 0.2) is 0 Å². The van der Waals surface area contributed by atoms with Gasteiger partial charge in [-0.15, -0.1) is 0 Å².